The number of rotatable bonds is 4. The van der Waals surface area contributed by atoms with E-state index < -0.39 is 0 Å². The molecule has 0 aromatic rings. The summed E-state index contributed by atoms with van der Waals surface area (Å²) in [4.78, 5) is 2.42. The van der Waals surface area contributed by atoms with Gasteiger partial charge in [-0.15, -0.1) is 0 Å². The molecular weight excluding hydrogens is 138 g/mol. The van der Waals surface area contributed by atoms with Crippen molar-refractivity contribution >= 4 is 0 Å². The third-order valence-corrected chi connectivity index (χ3v) is 2.59. The Kier molecular flexibility index (Phi) is 2.90. The number of unbranched alkanes of at least 4 members (excludes halogenated alkanes) is 1. The van der Waals surface area contributed by atoms with Gasteiger partial charge in [0, 0.05) is 0 Å². The Bertz CT molecular complexity index is 121. The second-order valence-corrected chi connectivity index (χ2v) is 3.76. The standard InChI is InChI=1S/C9H19NO/c1-4-5-6-10(3)9(2)7-11-8-9/h4-8H2,1-3H3. The molecule has 1 fully saturated rings. The normalized spacial score (nSPS) is 21.8. The van der Waals surface area contributed by atoms with Gasteiger partial charge in [0.15, 0.2) is 0 Å². The summed E-state index contributed by atoms with van der Waals surface area (Å²) >= 11 is 0. The summed E-state index contributed by atoms with van der Waals surface area (Å²) in [6.07, 6.45) is 2.58. The molecule has 0 aromatic heterocycles. The fourth-order valence-corrected chi connectivity index (χ4v) is 1.28. The Morgan fingerprint density at radius 2 is 2.09 bits per heavy atom. The van der Waals surface area contributed by atoms with Gasteiger partial charge in [0.2, 0.25) is 0 Å². The van der Waals surface area contributed by atoms with Gasteiger partial charge < -0.3 is 4.74 Å². The lowest BCUT2D eigenvalue weighted by Gasteiger charge is -2.45. The topological polar surface area (TPSA) is 12.5 Å². The molecule has 0 amide bonds. The van der Waals surface area contributed by atoms with Crippen molar-refractivity contribution in [3.05, 3.63) is 0 Å². The van der Waals surface area contributed by atoms with Gasteiger partial charge in [-0.2, -0.15) is 0 Å². The molecule has 0 aliphatic carbocycles. The highest BCUT2D eigenvalue weighted by Crippen LogP contribution is 2.22. The van der Waals surface area contributed by atoms with E-state index in [9.17, 15) is 0 Å². The maximum absolute atomic E-state index is 5.20. The van der Waals surface area contributed by atoms with Crippen LogP contribution in [0.1, 0.15) is 26.7 Å². The lowest BCUT2D eigenvalue weighted by atomic mass is 9.98. The molecule has 0 radical (unpaired) electrons. The Balaban J connectivity index is 2.22. The minimum atomic E-state index is 0.342. The molecule has 0 atom stereocenters. The molecule has 0 N–H and O–H groups in total. The lowest BCUT2D eigenvalue weighted by Crippen LogP contribution is -2.58. The largest absolute Gasteiger partial charge is 0.377 e. The van der Waals surface area contributed by atoms with Crippen molar-refractivity contribution < 1.29 is 4.74 Å². The van der Waals surface area contributed by atoms with Gasteiger partial charge in [0.25, 0.3) is 0 Å². The fourth-order valence-electron chi connectivity index (χ4n) is 1.28. The van der Waals surface area contributed by atoms with Crippen LogP contribution in [0.5, 0.6) is 0 Å². The molecule has 0 unspecified atom stereocenters. The third-order valence-electron chi connectivity index (χ3n) is 2.59. The zero-order valence-electron chi connectivity index (χ0n) is 7.89. The van der Waals surface area contributed by atoms with Crippen molar-refractivity contribution in [3.63, 3.8) is 0 Å². The van der Waals surface area contributed by atoms with E-state index in [1.54, 1.807) is 0 Å². The molecule has 0 spiro atoms. The SMILES string of the molecule is CCCCN(C)C1(C)COC1. The third kappa shape index (κ3) is 1.94. The van der Waals surface area contributed by atoms with Gasteiger partial charge in [0.1, 0.15) is 0 Å². The predicted octanol–water partition coefficient (Wildman–Crippen LogP) is 1.51. The molecule has 0 saturated carbocycles. The molecule has 0 bridgehead atoms. The molecule has 2 heteroatoms. The number of hydrogen-bond acceptors (Lipinski definition) is 2. The Morgan fingerprint density at radius 1 is 1.45 bits per heavy atom. The summed E-state index contributed by atoms with van der Waals surface area (Å²) in [5.41, 5.74) is 0.342. The van der Waals surface area contributed by atoms with E-state index in [2.05, 4.69) is 25.8 Å². The van der Waals surface area contributed by atoms with Crippen LogP contribution in [0.15, 0.2) is 0 Å². The van der Waals surface area contributed by atoms with Gasteiger partial charge in [-0.1, -0.05) is 13.3 Å². The molecule has 0 aromatic carbocycles. The smallest absolute Gasteiger partial charge is 0.0671 e. The van der Waals surface area contributed by atoms with E-state index >= 15 is 0 Å². The molecule has 11 heavy (non-hydrogen) atoms. The zero-order chi connectivity index (χ0) is 8.32. The summed E-state index contributed by atoms with van der Waals surface area (Å²) in [7, 11) is 2.19. The molecule has 1 aliphatic rings. The molecule has 1 heterocycles. The summed E-state index contributed by atoms with van der Waals surface area (Å²) in [5, 5.41) is 0. The average molecular weight is 157 g/mol. The monoisotopic (exact) mass is 157 g/mol. The first kappa shape index (κ1) is 9.01. The number of ether oxygens (including phenoxy) is 1. The van der Waals surface area contributed by atoms with E-state index in [-0.39, 0.29) is 0 Å². The number of hydrogen-bond donors (Lipinski definition) is 0. The van der Waals surface area contributed by atoms with E-state index in [1.165, 1.54) is 19.4 Å². The highest BCUT2D eigenvalue weighted by molar-refractivity contribution is 4.90. The van der Waals surface area contributed by atoms with Crippen molar-refractivity contribution in [2.24, 2.45) is 0 Å². The summed E-state index contributed by atoms with van der Waals surface area (Å²) in [5.74, 6) is 0. The van der Waals surface area contributed by atoms with Gasteiger partial charge >= 0.3 is 0 Å². The Labute approximate surface area is 69.5 Å². The second-order valence-electron chi connectivity index (χ2n) is 3.76. The number of nitrogens with zero attached hydrogens (tertiary/aromatic N) is 1. The number of likely N-dealkylation sites (N-methyl/N-ethyl adjacent to an activating group) is 1. The van der Waals surface area contributed by atoms with Crippen LogP contribution < -0.4 is 0 Å². The molecule has 1 aliphatic heterocycles. The van der Waals surface area contributed by atoms with E-state index in [4.69, 9.17) is 4.74 Å². The van der Waals surface area contributed by atoms with Crippen LogP contribution in [-0.4, -0.2) is 37.2 Å². The highest BCUT2D eigenvalue weighted by atomic mass is 16.5. The molecule has 1 saturated heterocycles. The van der Waals surface area contributed by atoms with E-state index in [0.717, 1.165) is 13.2 Å². The first-order chi connectivity index (χ1) is 5.19. The fraction of sp³-hybridized carbons (Fsp3) is 1.00. The van der Waals surface area contributed by atoms with Crippen LogP contribution in [-0.2, 0) is 4.74 Å². The highest BCUT2D eigenvalue weighted by Gasteiger charge is 2.36. The van der Waals surface area contributed by atoms with Crippen molar-refractivity contribution in [1.29, 1.82) is 0 Å². The average Bonchev–Trinajstić information content (AvgIpc) is 1.95. The quantitative estimate of drug-likeness (QED) is 0.613. The first-order valence-electron chi connectivity index (χ1n) is 4.48. The van der Waals surface area contributed by atoms with Crippen molar-refractivity contribution in [1.82, 2.24) is 4.90 Å². The van der Waals surface area contributed by atoms with Gasteiger partial charge in [-0.05, 0) is 26.9 Å². The molecule has 2 nitrogen and oxygen atoms in total. The minimum absolute atomic E-state index is 0.342. The Hall–Kier alpha value is -0.0800. The van der Waals surface area contributed by atoms with Crippen molar-refractivity contribution in [2.45, 2.75) is 32.2 Å². The van der Waals surface area contributed by atoms with E-state index in [1.807, 2.05) is 0 Å². The molecular formula is C9H19NO. The van der Waals surface area contributed by atoms with Crippen LogP contribution in [0.2, 0.25) is 0 Å². The van der Waals surface area contributed by atoms with Crippen LogP contribution in [0, 0.1) is 0 Å². The summed E-state index contributed by atoms with van der Waals surface area (Å²) < 4.78 is 5.20. The Morgan fingerprint density at radius 3 is 2.45 bits per heavy atom. The van der Waals surface area contributed by atoms with Crippen LogP contribution in [0.25, 0.3) is 0 Å². The van der Waals surface area contributed by atoms with Crippen LogP contribution >= 0.6 is 0 Å². The van der Waals surface area contributed by atoms with Crippen molar-refractivity contribution in [3.8, 4) is 0 Å². The molecule has 66 valence electrons. The maximum Gasteiger partial charge on any atom is 0.0671 e. The predicted molar refractivity (Wildman–Crippen MR) is 46.8 cm³/mol. The minimum Gasteiger partial charge on any atom is -0.377 e. The summed E-state index contributed by atoms with van der Waals surface area (Å²) in [6, 6.07) is 0. The van der Waals surface area contributed by atoms with Crippen LogP contribution in [0.3, 0.4) is 0 Å². The molecule has 1 rings (SSSR count). The zero-order valence-corrected chi connectivity index (χ0v) is 7.89. The summed E-state index contributed by atoms with van der Waals surface area (Å²) in [6.45, 7) is 7.52. The van der Waals surface area contributed by atoms with Crippen LogP contribution in [0.4, 0.5) is 0 Å². The van der Waals surface area contributed by atoms with Crippen molar-refractivity contribution in [2.75, 3.05) is 26.8 Å². The van der Waals surface area contributed by atoms with Gasteiger partial charge in [-0.3, -0.25) is 4.90 Å². The second kappa shape index (κ2) is 3.55. The maximum atomic E-state index is 5.20. The van der Waals surface area contributed by atoms with Gasteiger partial charge in [0.05, 0.1) is 18.8 Å². The lowest BCUT2D eigenvalue weighted by molar-refractivity contribution is -0.122. The first-order valence-corrected chi connectivity index (χ1v) is 4.48. The van der Waals surface area contributed by atoms with E-state index in [0.29, 0.717) is 5.54 Å². The van der Waals surface area contributed by atoms with Gasteiger partial charge in [-0.25, -0.2) is 0 Å².